The Morgan fingerprint density at radius 1 is 1.43 bits per heavy atom. The van der Waals surface area contributed by atoms with Gasteiger partial charge < -0.3 is 10.5 Å². The molecule has 0 saturated heterocycles. The maximum atomic E-state index is 13.1. The Labute approximate surface area is 79.5 Å². The Morgan fingerprint density at radius 3 is 2.50 bits per heavy atom. The van der Waals surface area contributed by atoms with Crippen LogP contribution in [0.5, 0.6) is 5.75 Å². The summed E-state index contributed by atoms with van der Waals surface area (Å²) in [7, 11) is 0. The van der Waals surface area contributed by atoms with Gasteiger partial charge in [-0.1, -0.05) is 0 Å². The van der Waals surface area contributed by atoms with Crippen LogP contribution in [-0.2, 0) is 0 Å². The SMILES string of the molecule is CC(=O)c1ccc(OC(N)=O)cc1F. The van der Waals surface area contributed by atoms with Crippen LogP contribution in [0.25, 0.3) is 0 Å². The highest BCUT2D eigenvalue weighted by atomic mass is 19.1. The van der Waals surface area contributed by atoms with Crippen molar-refractivity contribution in [1.29, 1.82) is 0 Å². The van der Waals surface area contributed by atoms with Crippen molar-refractivity contribution in [3.63, 3.8) is 0 Å². The fraction of sp³-hybridized carbons (Fsp3) is 0.111. The third-order valence-electron chi connectivity index (χ3n) is 1.54. The summed E-state index contributed by atoms with van der Waals surface area (Å²) in [5, 5.41) is 0. The van der Waals surface area contributed by atoms with Crippen molar-refractivity contribution >= 4 is 11.9 Å². The molecule has 1 aromatic carbocycles. The Balaban J connectivity index is 3.00. The monoisotopic (exact) mass is 197 g/mol. The van der Waals surface area contributed by atoms with Crippen LogP contribution in [0.4, 0.5) is 9.18 Å². The molecule has 74 valence electrons. The number of benzene rings is 1. The molecule has 0 aromatic heterocycles. The first-order chi connectivity index (χ1) is 6.50. The summed E-state index contributed by atoms with van der Waals surface area (Å²) in [5.74, 6) is -1.16. The second-order valence-corrected chi connectivity index (χ2v) is 2.62. The molecule has 0 aliphatic rings. The topological polar surface area (TPSA) is 69.4 Å². The molecule has 0 fully saturated rings. The molecule has 0 aliphatic carbocycles. The number of primary amides is 1. The number of hydrogen-bond donors (Lipinski definition) is 1. The molecule has 4 nitrogen and oxygen atoms in total. The minimum atomic E-state index is -1.03. The van der Waals surface area contributed by atoms with Crippen LogP contribution >= 0.6 is 0 Å². The van der Waals surface area contributed by atoms with E-state index >= 15 is 0 Å². The number of amides is 1. The van der Waals surface area contributed by atoms with E-state index < -0.39 is 17.7 Å². The summed E-state index contributed by atoms with van der Waals surface area (Å²) in [4.78, 5) is 21.1. The fourth-order valence-electron chi connectivity index (χ4n) is 0.961. The highest BCUT2D eigenvalue weighted by molar-refractivity contribution is 5.94. The molecule has 1 aromatic rings. The number of hydrogen-bond acceptors (Lipinski definition) is 3. The van der Waals surface area contributed by atoms with Gasteiger partial charge in [-0.2, -0.15) is 0 Å². The fourth-order valence-corrected chi connectivity index (χ4v) is 0.961. The largest absolute Gasteiger partial charge is 0.410 e. The van der Waals surface area contributed by atoms with Gasteiger partial charge in [0.1, 0.15) is 11.6 Å². The van der Waals surface area contributed by atoms with Crippen molar-refractivity contribution < 1.29 is 18.7 Å². The predicted octanol–water partition coefficient (Wildman–Crippen LogP) is 1.49. The second kappa shape index (κ2) is 3.87. The molecule has 5 heteroatoms. The molecular weight excluding hydrogens is 189 g/mol. The molecule has 0 heterocycles. The molecule has 0 spiro atoms. The van der Waals surface area contributed by atoms with Gasteiger partial charge in [-0.05, 0) is 19.1 Å². The molecular formula is C9H8FNO3. The Hall–Kier alpha value is -1.91. The van der Waals surface area contributed by atoms with Crippen LogP contribution in [0, 0.1) is 5.82 Å². The van der Waals surface area contributed by atoms with Crippen molar-refractivity contribution in [3.05, 3.63) is 29.6 Å². The number of halogens is 1. The van der Waals surface area contributed by atoms with Crippen molar-refractivity contribution in [1.82, 2.24) is 0 Å². The predicted molar refractivity (Wildman–Crippen MR) is 46.6 cm³/mol. The van der Waals surface area contributed by atoms with E-state index in [4.69, 9.17) is 5.73 Å². The summed E-state index contributed by atoms with van der Waals surface area (Å²) in [5.41, 5.74) is 4.67. The quantitative estimate of drug-likeness (QED) is 0.730. The number of Topliss-reactive ketones (excluding diaryl/α,β-unsaturated/α-hetero) is 1. The highest BCUT2D eigenvalue weighted by Gasteiger charge is 2.09. The first-order valence-corrected chi connectivity index (χ1v) is 3.78. The molecule has 1 amide bonds. The van der Waals surface area contributed by atoms with Gasteiger partial charge in [0.05, 0.1) is 5.56 Å². The van der Waals surface area contributed by atoms with Crippen molar-refractivity contribution in [2.75, 3.05) is 0 Å². The van der Waals surface area contributed by atoms with Crippen LogP contribution in [0.15, 0.2) is 18.2 Å². The van der Waals surface area contributed by atoms with Crippen LogP contribution in [0.3, 0.4) is 0 Å². The van der Waals surface area contributed by atoms with Gasteiger partial charge in [0.2, 0.25) is 0 Å². The van der Waals surface area contributed by atoms with Crippen molar-refractivity contribution in [2.24, 2.45) is 5.73 Å². The normalized spacial score (nSPS) is 9.57. The van der Waals surface area contributed by atoms with E-state index in [1.54, 1.807) is 0 Å². The molecule has 2 N–H and O–H groups in total. The summed E-state index contributed by atoms with van der Waals surface area (Å²) in [6.45, 7) is 1.24. The average Bonchev–Trinajstić information content (AvgIpc) is 2.01. The number of carbonyl (C=O) groups is 2. The van der Waals surface area contributed by atoms with Gasteiger partial charge in [0.15, 0.2) is 5.78 Å². The number of rotatable bonds is 2. The minimum absolute atomic E-state index is 0.0278. The smallest absolute Gasteiger partial charge is 0.409 e. The minimum Gasteiger partial charge on any atom is -0.410 e. The van der Waals surface area contributed by atoms with Crippen molar-refractivity contribution in [3.8, 4) is 5.75 Å². The number of carbonyl (C=O) groups excluding carboxylic acids is 2. The van der Waals surface area contributed by atoms with Crippen molar-refractivity contribution in [2.45, 2.75) is 6.92 Å². The number of nitrogens with two attached hydrogens (primary N) is 1. The Morgan fingerprint density at radius 2 is 2.07 bits per heavy atom. The van der Waals surface area contributed by atoms with Crippen LogP contribution in [0.1, 0.15) is 17.3 Å². The Kier molecular flexibility index (Phi) is 2.81. The lowest BCUT2D eigenvalue weighted by Gasteiger charge is -2.02. The lowest BCUT2D eigenvalue weighted by Crippen LogP contribution is -2.16. The molecule has 0 aliphatic heterocycles. The van der Waals surface area contributed by atoms with Gasteiger partial charge in [0, 0.05) is 6.07 Å². The van der Waals surface area contributed by atoms with Crippen LogP contribution in [0.2, 0.25) is 0 Å². The summed E-state index contributed by atoms with van der Waals surface area (Å²) >= 11 is 0. The third-order valence-corrected chi connectivity index (χ3v) is 1.54. The van der Waals surface area contributed by atoms with E-state index in [2.05, 4.69) is 4.74 Å². The van der Waals surface area contributed by atoms with Crippen LogP contribution in [-0.4, -0.2) is 11.9 Å². The first-order valence-electron chi connectivity index (χ1n) is 3.78. The zero-order valence-corrected chi connectivity index (χ0v) is 7.41. The molecule has 0 saturated carbocycles. The molecule has 14 heavy (non-hydrogen) atoms. The maximum absolute atomic E-state index is 13.1. The maximum Gasteiger partial charge on any atom is 0.409 e. The lowest BCUT2D eigenvalue weighted by molar-refractivity contribution is 0.101. The van der Waals surface area contributed by atoms with Crippen LogP contribution < -0.4 is 10.5 Å². The summed E-state index contributed by atoms with van der Waals surface area (Å²) in [6, 6.07) is 3.46. The van der Waals surface area contributed by atoms with E-state index in [1.807, 2.05) is 0 Å². The molecule has 0 bridgehead atoms. The number of ketones is 1. The molecule has 0 radical (unpaired) electrons. The lowest BCUT2D eigenvalue weighted by atomic mass is 10.1. The van der Waals surface area contributed by atoms with Gasteiger partial charge in [-0.3, -0.25) is 4.79 Å². The first kappa shape index (κ1) is 10.2. The third kappa shape index (κ3) is 2.29. The standard InChI is InChI=1S/C9H8FNO3/c1-5(12)7-3-2-6(4-8(7)10)14-9(11)13/h2-4H,1H3,(H2,11,13). The highest BCUT2D eigenvalue weighted by Crippen LogP contribution is 2.16. The zero-order chi connectivity index (χ0) is 10.7. The van der Waals surface area contributed by atoms with E-state index in [0.29, 0.717) is 0 Å². The van der Waals surface area contributed by atoms with E-state index in [-0.39, 0.29) is 11.3 Å². The molecule has 0 atom stereocenters. The van der Waals surface area contributed by atoms with E-state index in [1.165, 1.54) is 19.1 Å². The number of ether oxygens (including phenoxy) is 1. The summed E-state index contributed by atoms with van der Waals surface area (Å²) in [6.07, 6.45) is -1.03. The average molecular weight is 197 g/mol. The van der Waals surface area contributed by atoms with E-state index in [0.717, 1.165) is 6.07 Å². The van der Waals surface area contributed by atoms with Gasteiger partial charge in [-0.25, -0.2) is 9.18 Å². The molecule has 1 rings (SSSR count). The second-order valence-electron chi connectivity index (χ2n) is 2.62. The zero-order valence-electron chi connectivity index (χ0n) is 7.41. The van der Waals surface area contributed by atoms with Gasteiger partial charge in [0.25, 0.3) is 0 Å². The Bertz CT molecular complexity index is 390. The van der Waals surface area contributed by atoms with E-state index in [9.17, 15) is 14.0 Å². The van der Waals surface area contributed by atoms with Gasteiger partial charge >= 0.3 is 6.09 Å². The van der Waals surface area contributed by atoms with Gasteiger partial charge in [-0.15, -0.1) is 0 Å². The summed E-state index contributed by atoms with van der Waals surface area (Å²) < 4.78 is 17.5. The molecule has 0 unspecified atom stereocenters.